The fourth-order valence-corrected chi connectivity index (χ4v) is 2.80. The predicted octanol–water partition coefficient (Wildman–Crippen LogP) is 2.84. The molecular weight excluding hydrogens is 336 g/mol. The van der Waals surface area contributed by atoms with Crippen molar-refractivity contribution in [3.8, 4) is 5.75 Å². The molecule has 0 unspecified atom stereocenters. The number of nitrogen functional groups attached to an aromatic ring is 1. The van der Waals surface area contributed by atoms with Crippen molar-refractivity contribution >= 4 is 39.1 Å². The van der Waals surface area contributed by atoms with Gasteiger partial charge in [0.15, 0.2) is 0 Å². The zero-order chi connectivity index (χ0) is 15.1. The molecule has 0 saturated carbocycles. The molecule has 3 rings (SSSR count). The number of anilines is 2. The van der Waals surface area contributed by atoms with Gasteiger partial charge in [0.25, 0.3) is 11.8 Å². The Bertz CT molecular complexity index is 774. The molecule has 1 aliphatic heterocycles. The van der Waals surface area contributed by atoms with Gasteiger partial charge >= 0.3 is 0 Å². The van der Waals surface area contributed by atoms with Gasteiger partial charge in [-0.05, 0) is 24.3 Å². The Kier molecular flexibility index (Phi) is 3.17. The van der Waals surface area contributed by atoms with Gasteiger partial charge in [-0.3, -0.25) is 9.59 Å². The summed E-state index contributed by atoms with van der Waals surface area (Å²) in [5, 5.41) is 0. The van der Waals surface area contributed by atoms with Crippen LogP contribution in [-0.4, -0.2) is 18.9 Å². The minimum atomic E-state index is -0.423. The molecule has 0 aromatic heterocycles. The molecule has 2 aromatic rings. The van der Waals surface area contributed by atoms with Crippen LogP contribution in [0.1, 0.15) is 20.7 Å². The molecule has 2 N–H and O–H groups in total. The number of carbonyl (C=O) groups is 2. The number of benzene rings is 2. The van der Waals surface area contributed by atoms with Crippen LogP contribution < -0.4 is 15.4 Å². The highest BCUT2D eigenvalue weighted by Gasteiger charge is 2.38. The van der Waals surface area contributed by atoms with Crippen molar-refractivity contribution in [2.75, 3.05) is 17.7 Å². The summed E-state index contributed by atoms with van der Waals surface area (Å²) in [4.78, 5) is 26.1. The number of nitrogens with zero attached hydrogens (tertiary/aromatic N) is 1. The van der Waals surface area contributed by atoms with Crippen LogP contribution in [-0.2, 0) is 0 Å². The number of hydrogen-bond donors (Lipinski definition) is 1. The van der Waals surface area contributed by atoms with Gasteiger partial charge in [-0.1, -0.05) is 22.0 Å². The molecule has 0 saturated heterocycles. The number of halogens is 1. The Morgan fingerprint density at radius 3 is 2.57 bits per heavy atom. The summed E-state index contributed by atoms with van der Waals surface area (Å²) >= 11 is 3.34. The summed E-state index contributed by atoms with van der Waals surface area (Å²) in [6.45, 7) is 0. The number of imide groups is 1. The van der Waals surface area contributed by atoms with E-state index in [0.29, 0.717) is 27.2 Å². The Morgan fingerprint density at radius 2 is 1.90 bits per heavy atom. The van der Waals surface area contributed by atoms with E-state index in [1.165, 1.54) is 7.11 Å². The first-order chi connectivity index (χ1) is 10.0. The Morgan fingerprint density at radius 1 is 1.14 bits per heavy atom. The highest BCUT2D eigenvalue weighted by Crippen LogP contribution is 2.34. The monoisotopic (exact) mass is 346 g/mol. The maximum Gasteiger partial charge on any atom is 0.268 e. The normalized spacial score (nSPS) is 13.5. The molecule has 106 valence electrons. The van der Waals surface area contributed by atoms with Crippen molar-refractivity contribution in [1.82, 2.24) is 0 Å². The van der Waals surface area contributed by atoms with Gasteiger partial charge in [0, 0.05) is 16.2 Å². The van der Waals surface area contributed by atoms with Gasteiger partial charge in [0.2, 0.25) is 0 Å². The van der Waals surface area contributed by atoms with E-state index in [0.717, 1.165) is 4.90 Å². The van der Waals surface area contributed by atoms with Gasteiger partial charge < -0.3 is 10.5 Å². The molecule has 21 heavy (non-hydrogen) atoms. The minimum absolute atomic E-state index is 0.251. The standard InChI is InChI=1S/C15H11BrN2O3/c1-21-10-6-8(16)5-9(7-10)18-14(19)11-3-2-4-12(17)13(11)15(18)20/h2-7H,17H2,1H3. The van der Waals surface area contributed by atoms with Gasteiger partial charge in [0.1, 0.15) is 5.75 Å². The maximum atomic E-state index is 12.5. The van der Waals surface area contributed by atoms with Crippen molar-refractivity contribution in [1.29, 1.82) is 0 Å². The Hall–Kier alpha value is -2.34. The molecule has 0 bridgehead atoms. The first-order valence-corrected chi connectivity index (χ1v) is 6.94. The number of fused-ring (bicyclic) bond motifs is 1. The van der Waals surface area contributed by atoms with Gasteiger partial charge in [-0.25, -0.2) is 4.90 Å². The van der Waals surface area contributed by atoms with Gasteiger partial charge in [0.05, 0.1) is 23.9 Å². The smallest absolute Gasteiger partial charge is 0.268 e. The largest absolute Gasteiger partial charge is 0.497 e. The summed E-state index contributed by atoms with van der Waals surface area (Å²) in [5.74, 6) is -0.264. The molecule has 0 fully saturated rings. The molecule has 2 aromatic carbocycles. The molecule has 5 nitrogen and oxygen atoms in total. The molecule has 6 heteroatoms. The van der Waals surface area contributed by atoms with E-state index in [1.54, 1.807) is 36.4 Å². The van der Waals surface area contributed by atoms with Crippen molar-refractivity contribution < 1.29 is 14.3 Å². The molecule has 0 atom stereocenters. The number of nitrogens with two attached hydrogens (primary N) is 1. The summed E-state index contributed by atoms with van der Waals surface area (Å²) in [6, 6.07) is 9.92. The van der Waals surface area contributed by atoms with E-state index in [-0.39, 0.29) is 11.5 Å². The predicted molar refractivity (Wildman–Crippen MR) is 82.7 cm³/mol. The third-order valence-electron chi connectivity index (χ3n) is 3.30. The average molecular weight is 347 g/mol. The lowest BCUT2D eigenvalue weighted by molar-refractivity contribution is 0.0926. The van der Waals surface area contributed by atoms with E-state index >= 15 is 0 Å². The number of ether oxygens (including phenoxy) is 1. The highest BCUT2D eigenvalue weighted by molar-refractivity contribution is 9.10. The van der Waals surface area contributed by atoms with E-state index in [2.05, 4.69) is 15.9 Å². The highest BCUT2D eigenvalue weighted by atomic mass is 79.9. The SMILES string of the molecule is COc1cc(Br)cc(N2C(=O)c3cccc(N)c3C2=O)c1. The van der Waals surface area contributed by atoms with Crippen LogP contribution in [0, 0.1) is 0 Å². The molecule has 0 radical (unpaired) electrons. The van der Waals surface area contributed by atoms with Crippen LogP contribution in [0.5, 0.6) is 5.75 Å². The third-order valence-corrected chi connectivity index (χ3v) is 3.75. The van der Waals surface area contributed by atoms with Crippen molar-refractivity contribution in [3.63, 3.8) is 0 Å². The average Bonchev–Trinajstić information content (AvgIpc) is 2.71. The quantitative estimate of drug-likeness (QED) is 0.670. The molecule has 1 aliphatic rings. The fourth-order valence-electron chi connectivity index (χ4n) is 2.34. The summed E-state index contributed by atoms with van der Waals surface area (Å²) in [5.41, 5.74) is 7.13. The lowest BCUT2D eigenvalue weighted by Crippen LogP contribution is -2.29. The van der Waals surface area contributed by atoms with Crippen LogP contribution in [0.2, 0.25) is 0 Å². The first-order valence-electron chi connectivity index (χ1n) is 6.15. The number of amides is 2. The molecule has 2 amide bonds. The van der Waals surface area contributed by atoms with Crippen molar-refractivity contribution in [2.24, 2.45) is 0 Å². The second-order valence-corrected chi connectivity index (χ2v) is 5.48. The molecule has 1 heterocycles. The van der Waals surface area contributed by atoms with Crippen LogP contribution >= 0.6 is 15.9 Å². The summed E-state index contributed by atoms with van der Waals surface area (Å²) < 4.78 is 5.87. The fraction of sp³-hybridized carbons (Fsp3) is 0.0667. The third kappa shape index (κ3) is 2.08. The number of methoxy groups -OCH3 is 1. The summed E-state index contributed by atoms with van der Waals surface area (Å²) in [7, 11) is 1.52. The lowest BCUT2D eigenvalue weighted by Gasteiger charge is -2.15. The number of hydrogen-bond acceptors (Lipinski definition) is 4. The van der Waals surface area contributed by atoms with E-state index in [9.17, 15) is 9.59 Å². The summed E-state index contributed by atoms with van der Waals surface area (Å²) in [6.07, 6.45) is 0. The molecular formula is C15H11BrN2O3. The van der Waals surface area contributed by atoms with Crippen molar-refractivity contribution in [2.45, 2.75) is 0 Å². The van der Waals surface area contributed by atoms with Crippen LogP contribution in [0.25, 0.3) is 0 Å². The van der Waals surface area contributed by atoms with Crippen molar-refractivity contribution in [3.05, 3.63) is 52.0 Å². The number of rotatable bonds is 2. The second-order valence-electron chi connectivity index (χ2n) is 4.56. The molecule has 0 spiro atoms. The van der Waals surface area contributed by atoms with Crippen LogP contribution in [0.4, 0.5) is 11.4 Å². The topological polar surface area (TPSA) is 72.6 Å². The van der Waals surface area contributed by atoms with E-state index < -0.39 is 5.91 Å². The molecule has 0 aliphatic carbocycles. The number of carbonyl (C=O) groups excluding carboxylic acids is 2. The van der Waals surface area contributed by atoms with Crippen LogP contribution in [0.3, 0.4) is 0 Å². The first kappa shape index (κ1) is 13.6. The van der Waals surface area contributed by atoms with E-state index in [1.807, 2.05) is 0 Å². The van der Waals surface area contributed by atoms with Crippen LogP contribution in [0.15, 0.2) is 40.9 Å². The lowest BCUT2D eigenvalue weighted by atomic mass is 10.1. The zero-order valence-corrected chi connectivity index (χ0v) is 12.7. The van der Waals surface area contributed by atoms with E-state index in [4.69, 9.17) is 10.5 Å². The van der Waals surface area contributed by atoms with Gasteiger partial charge in [-0.2, -0.15) is 0 Å². The van der Waals surface area contributed by atoms with Gasteiger partial charge in [-0.15, -0.1) is 0 Å². The zero-order valence-electron chi connectivity index (χ0n) is 11.1. The Balaban J connectivity index is 2.14. The minimum Gasteiger partial charge on any atom is -0.497 e. The maximum absolute atomic E-state index is 12.5. The Labute approximate surface area is 129 Å². The second kappa shape index (κ2) is 4.89.